The van der Waals surface area contributed by atoms with Crippen molar-refractivity contribution in [1.82, 2.24) is 5.32 Å². The lowest BCUT2D eigenvalue weighted by Crippen LogP contribution is -2.27. The summed E-state index contributed by atoms with van der Waals surface area (Å²) in [7, 11) is 0. The Morgan fingerprint density at radius 1 is 0.969 bits per heavy atom. The summed E-state index contributed by atoms with van der Waals surface area (Å²) in [5.74, 6) is 3.13. The lowest BCUT2D eigenvalue weighted by atomic mass is 9.95. The molecule has 0 bridgehead atoms. The first-order valence-corrected chi connectivity index (χ1v) is 11.1. The van der Waals surface area contributed by atoms with Crippen molar-refractivity contribution in [2.45, 2.75) is 52.2 Å². The second kappa shape index (κ2) is 9.81. The summed E-state index contributed by atoms with van der Waals surface area (Å²) >= 11 is 0. The van der Waals surface area contributed by atoms with Gasteiger partial charge in [0.15, 0.2) is 17.3 Å². The molecule has 2 atom stereocenters. The van der Waals surface area contributed by atoms with Crippen LogP contribution in [0.15, 0.2) is 59.0 Å². The minimum atomic E-state index is -0.239. The van der Waals surface area contributed by atoms with Gasteiger partial charge in [0, 0.05) is 6.07 Å². The van der Waals surface area contributed by atoms with E-state index in [-0.39, 0.29) is 31.1 Å². The number of nitrogens with one attached hydrogen (secondary N) is 1. The maximum absolute atomic E-state index is 12.7. The molecule has 1 aliphatic heterocycles. The number of hydrogen-bond donors (Lipinski definition) is 1. The van der Waals surface area contributed by atoms with Gasteiger partial charge in [0.25, 0.3) is 5.91 Å². The van der Waals surface area contributed by atoms with E-state index in [9.17, 15) is 4.79 Å². The first-order chi connectivity index (χ1) is 15.6. The van der Waals surface area contributed by atoms with Gasteiger partial charge >= 0.3 is 0 Å². The molecule has 0 radical (unpaired) electrons. The van der Waals surface area contributed by atoms with Crippen LogP contribution in [-0.4, -0.2) is 12.7 Å². The molecule has 1 amide bonds. The number of amides is 1. The number of rotatable bonds is 9. The fourth-order valence-corrected chi connectivity index (χ4v) is 3.64. The topological polar surface area (TPSA) is 69.9 Å². The van der Waals surface area contributed by atoms with Crippen molar-refractivity contribution in [1.29, 1.82) is 0 Å². The SMILES string of the molecule is CCC(C)c1ccc(C(CC)NC(=O)c2ccc(COc3ccc4c(c3)OCO4)o2)cc1. The van der Waals surface area contributed by atoms with E-state index in [1.807, 2.05) is 6.07 Å². The number of carbonyl (C=O) groups excluding carboxylic acids is 1. The standard InChI is InChI=1S/C26H29NO5/c1-4-17(3)18-6-8-19(9-7-18)22(5-2)27-26(28)24-13-11-21(32-24)15-29-20-10-12-23-25(14-20)31-16-30-23/h6-14,17,22H,4-5,15-16H2,1-3H3,(H,27,28). The lowest BCUT2D eigenvalue weighted by molar-refractivity contribution is 0.0903. The first-order valence-electron chi connectivity index (χ1n) is 11.1. The second-order valence-corrected chi connectivity index (χ2v) is 7.98. The molecule has 0 fully saturated rings. The van der Waals surface area contributed by atoms with Gasteiger partial charge in [-0.2, -0.15) is 0 Å². The molecular formula is C26H29NO5. The van der Waals surface area contributed by atoms with Gasteiger partial charge in [0.2, 0.25) is 6.79 Å². The maximum Gasteiger partial charge on any atom is 0.287 e. The van der Waals surface area contributed by atoms with Gasteiger partial charge in [0.05, 0.1) is 6.04 Å². The largest absolute Gasteiger partial charge is 0.486 e. The number of ether oxygens (including phenoxy) is 3. The van der Waals surface area contributed by atoms with Gasteiger partial charge in [-0.1, -0.05) is 45.0 Å². The molecule has 0 aliphatic carbocycles. The smallest absolute Gasteiger partial charge is 0.287 e. The third-order valence-corrected chi connectivity index (χ3v) is 5.84. The summed E-state index contributed by atoms with van der Waals surface area (Å²) in [6.07, 6.45) is 1.89. The molecule has 1 aromatic heterocycles. The van der Waals surface area contributed by atoms with Gasteiger partial charge in [-0.3, -0.25) is 4.79 Å². The maximum atomic E-state index is 12.7. The fourth-order valence-electron chi connectivity index (χ4n) is 3.64. The zero-order valence-electron chi connectivity index (χ0n) is 18.7. The van der Waals surface area contributed by atoms with E-state index in [0.29, 0.717) is 28.9 Å². The molecule has 0 spiro atoms. The Labute approximate surface area is 188 Å². The van der Waals surface area contributed by atoms with Crippen molar-refractivity contribution >= 4 is 5.91 Å². The van der Waals surface area contributed by atoms with E-state index in [0.717, 1.165) is 18.4 Å². The summed E-state index contributed by atoms with van der Waals surface area (Å²) < 4.78 is 22.1. The van der Waals surface area contributed by atoms with Crippen molar-refractivity contribution in [2.75, 3.05) is 6.79 Å². The van der Waals surface area contributed by atoms with Gasteiger partial charge in [0.1, 0.15) is 18.1 Å². The van der Waals surface area contributed by atoms with Gasteiger partial charge < -0.3 is 23.9 Å². The molecule has 0 saturated carbocycles. The minimum absolute atomic E-state index is 0.0769. The number of fused-ring (bicyclic) bond motifs is 1. The van der Waals surface area contributed by atoms with Crippen LogP contribution in [0.4, 0.5) is 0 Å². The van der Waals surface area contributed by atoms with E-state index in [2.05, 4.69) is 50.4 Å². The van der Waals surface area contributed by atoms with E-state index in [1.165, 1.54) is 5.56 Å². The predicted octanol–water partition coefficient (Wildman–Crippen LogP) is 5.98. The average Bonchev–Trinajstić information content (AvgIpc) is 3.50. The molecule has 2 unspecified atom stereocenters. The summed E-state index contributed by atoms with van der Waals surface area (Å²) in [6.45, 7) is 6.89. The van der Waals surface area contributed by atoms with E-state index < -0.39 is 0 Å². The van der Waals surface area contributed by atoms with E-state index in [4.69, 9.17) is 18.6 Å². The molecule has 6 heteroatoms. The summed E-state index contributed by atoms with van der Waals surface area (Å²) in [6, 6.07) is 17.2. The molecule has 2 heterocycles. The zero-order valence-corrected chi connectivity index (χ0v) is 18.7. The monoisotopic (exact) mass is 435 g/mol. The van der Waals surface area contributed by atoms with Gasteiger partial charge in [-0.05, 0) is 54.2 Å². The minimum Gasteiger partial charge on any atom is -0.486 e. The van der Waals surface area contributed by atoms with Crippen LogP contribution in [0.25, 0.3) is 0 Å². The molecule has 0 saturated heterocycles. The highest BCUT2D eigenvalue weighted by Gasteiger charge is 2.18. The van der Waals surface area contributed by atoms with Crippen molar-refractivity contribution in [3.63, 3.8) is 0 Å². The van der Waals surface area contributed by atoms with Crippen molar-refractivity contribution in [3.05, 3.63) is 77.2 Å². The summed E-state index contributed by atoms with van der Waals surface area (Å²) in [5.41, 5.74) is 2.40. The Morgan fingerprint density at radius 2 is 1.72 bits per heavy atom. The lowest BCUT2D eigenvalue weighted by Gasteiger charge is -2.18. The predicted molar refractivity (Wildman–Crippen MR) is 121 cm³/mol. The van der Waals surface area contributed by atoms with Crippen molar-refractivity contribution in [3.8, 4) is 17.2 Å². The normalized spacial score (nSPS) is 14.1. The molecule has 168 valence electrons. The van der Waals surface area contributed by atoms with Crippen LogP contribution in [0.3, 0.4) is 0 Å². The van der Waals surface area contributed by atoms with Crippen LogP contribution in [0.1, 0.15) is 73.0 Å². The van der Waals surface area contributed by atoms with Crippen molar-refractivity contribution < 1.29 is 23.4 Å². The third-order valence-electron chi connectivity index (χ3n) is 5.84. The van der Waals surface area contributed by atoms with Crippen LogP contribution in [0.2, 0.25) is 0 Å². The fraction of sp³-hybridized carbons (Fsp3) is 0.346. The molecule has 6 nitrogen and oxygen atoms in total. The molecule has 1 aliphatic rings. The highest BCUT2D eigenvalue weighted by Crippen LogP contribution is 2.35. The Kier molecular flexibility index (Phi) is 6.69. The summed E-state index contributed by atoms with van der Waals surface area (Å²) in [4.78, 5) is 12.7. The average molecular weight is 436 g/mol. The van der Waals surface area contributed by atoms with Crippen LogP contribution in [0, 0.1) is 0 Å². The molecule has 3 aromatic rings. The zero-order chi connectivity index (χ0) is 22.5. The van der Waals surface area contributed by atoms with Crippen LogP contribution >= 0.6 is 0 Å². The second-order valence-electron chi connectivity index (χ2n) is 7.98. The molecular weight excluding hydrogens is 406 g/mol. The highest BCUT2D eigenvalue weighted by atomic mass is 16.7. The van der Waals surface area contributed by atoms with E-state index in [1.54, 1.807) is 24.3 Å². The Balaban J connectivity index is 1.35. The van der Waals surface area contributed by atoms with Crippen LogP contribution in [0.5, 0.6) is 17.2 Å². The number of hydrogen-bond acceptors (Lipinski definition) is 5. The number of furan rings is 1. The molecule has 1 N–H and O–H groups in total. The first kappa shape index (κ1) is 21.8. The molecule has 4 rings (SSSR count). The molecule has 2 aromatic carbocycles. The number of benzene rings is 2. The van der Waals surface area contributed by atoms with E-state index >= 15 is 0 Å². The Morgan fingerprint density at radius 3 is 2.47 bits per heavy atom. The van der Waals surface area contributed by atoms with Crippen LogP contribution < -0.4 is 19.5 Å². The quantitative estimate of drug-likeness (QED) is 0.448. The summed E-state index contributed by atoms with van der Waals surface area (Å²) in [5, 5.41) is 3.07. The Hall–Kier alpha value is -3.41. The number of carbonyl (C=O) groups is 1. The van der Waals surface area contributed by atoms with Gasteiger partial charge in [-0.15, -0.1) is 0 Å². The van der Waals surface area contributed by atoms with Crippen molar-refractivity contribution in [2.24, 2.45) is 0 Å². The molecule has 32 heavy (non-hydrogen) atoms. The van der Waals surface area contributed by atoms with Crippen LogP contribution in [-0.2, 0) is 6.61 Å². The van der Waals surface area contributed by atoms with Gasteiger partial charge in [-0.25, -0.2) is 0 Å². The highest BCUT2D eigenvalue weighted by molar-refractivity contribution is 5.91. The third kappa shape index (κ3) is 4.90. The Bertz CT molecular complexity index is 1060.